The SMILES string of the molecule is CCOC(=O)Cc1ccc(F)cc1CCc1c2cc(Br)ccc2nn1C1CCC1. The highest BCUT2D eigenvalue weighted by Crippen LogP contribution is 2.35. The third-order valence-corrected chi connectivity index (χ3v) is 6.11. The number of aromatic nitrogens is 2. The standard InChI is InChI=1S/C23H24BrFN2O2/c1-2-29-23(28)13-16-6-9-18(25)12-15(16)7-11-22-20-14-17(24)8-10-21(20)26-27(22)19-4-3-5-19/h6,8-10,12,14,19H,2-5,7,11,13H2,1H3. The van der Waals surface area contributed by atoms with Crippen molar-refractivity contribution in [3.8, 4) is 0 Å². The predicted molar refractivity (Wildman–Crippen MR) is 114 cm³/mol. The highest BCUT2D eigenvalue weighted by Gasteiger charge is 2.24. The first kappa shape index (κ1) is 20.1. The van der Waals surface area contributed by atoms with E-state index >= 15 is 0 Å². The Morgan fingerprint density at radius 3 is 2.76 bits per heavy atom. The molecule has 0 spiro atoms. The molecule has 152 valence electrons. The first-order chi connectivity index (χ1) is 14.0. The van der Waals surface area contributed by atoms with Crippen LogP contribution in [0.5, 0.6) is 0 Å². The molecule has 1 heterocycles. The maximum absolute atomic E-state index is 13.9. The van der Waals surface area contributed by atoms with Crippen LogP contribution in [0.1, 0.15) is 49.0 Å². The summed E-state index contributed by atoms with van der Waals surface area (Å²) in [5.41, 5.74) is 3.84. The lowest BCUT2D eigenvalue weighted by molar-refractivity contribution is -0.142. The maximum Gasteiger partial charge on any atom is 0.310 e. The van der Waals surface area contributed by atoms with Crippen LogP contribution < -0.4 is 0 Å². The van der Waals surface area contributed by atoms with Gasteiger partial charge in [-0.15, -0.1) is 0 Å². The molecule has 4 nitrogen and oxygen atoms in total. The average Bonchev–Trinajstić information content (AvgIpc) is 2.98. The van der Waals surface area contributed by atoms with Gasteiger partial charge in [-0.05, 0) is 80.5 Å². The highest BCUT2D eigenvalue weighted by molar-refractivity contribution is 9.10. The van der Waals surface area contributed by atoms with Crippen molar-refractivity contribution in [3.63, 3.8) is 0 Å². The van der Waals surface area contributed by atoms with Crippen LogP contribution in [-0.4, -0.2) is 22.4 Å². The summed E-state index contributed by atoms with van der Waals surface area (Å²) in [6.07, 6.45) is 5.08. The second-order valence-corrected chi connectivity index (χ2v) is 8.45. The van der Waals surface area contributed by atoms with Crippen molar-refractivity contribution in [3.05, 3.63) is 63.5 Å². The first-order valence-corrected chi connectivity index (χ1v) is 10.9. The van der Waals surface area contributed by atoms with Crippen molar-refractivity contribution in [2.45, 2.75) is 51.5 Å². The molecule has 1 aromatic heterocycles. The number of benzene rings is 2. The van der Waals surface area contributed by atoms with Crippen molar-refractivity contribution in [2.24, 2.45) is 0 Å². The molecule has 0 atom stereocenters. The van der Waals surface area contributed by atoms with Gasteiger partial charge in [0.2, 0.25) is 0 Å². The summed E-state index contributed by atoms with van der Waals surface area (Å²) < 4.78 is 22.2. The van der Waals surface area contributed by atoms with E-state index in [4.69, 9.17) is 9.84 Å². The second-order valence-electron chi connectivity index (χ2n) is 7.53. The fraction of sp³-hybridized carbons (Fsp3) is 0.391. The Morgan fingerprint density at radius 1 is 1.21 bits per heavy atom. The molecule has 0 N–H and O–H groups in total. The van der Waals surface area contributed by atoms with Gasteiger partial charge in [0, 0.05) is 15.6 Å². The molecule has 1 fully saturated rings. The third-order valence-electron chi connectivity index (χ3n) is 5.62. The summed E-state index contributed by atoms with van der Waals surface area (Å²) in [6, 6.07) is 11.2. The average molecular weight is 459 g/mol. The van der Waals surface area contributed by atoms with Crippen LogP contribution in [0, 0.1) is 5.82 Å². The fourth-order valence-electron chi connectivity index (χ4n) is 3.93. The smallest absolute Gasteiger partial charge is 0.310 e. The van der Waals surface area contributed by atoms with Crippen LogP contribution in [0.25, 0.3) is 10.9 Å². The molecule has 0 aliphatic heterocycles. The molecule has 0 radical (unpaired) electrons. The second kappa shape index (κ2) is 8.66. The molecule has 2 aromatic carbocycles. The van der Waals surface area contributed by atoms with E-state index in [2.05, 4.69) is 26.7 Å². The molecule has 1 saturated carbocycles. The van der Waals surface area contributed by atoms with Crippen LogP contribution in [-0.2, 0) is 28.8 Å². The lowest BCUT2D eigenvalue weighted by Gasteiger charge is -2.27. The van der Waals surface area contributed by atoms with E-state index < -0.39 is 0 Å². The Hall–Kier alpha value is -2.21. The molecule has 0 saturated heterocycles. The van der Waals surface area contributed by atoms with Crippen LogP contribution >= 0.6 is 15.9 Å². The Kier molecular flexibility index (Phi) is 5.99. The van der Waals surface area contributed by atoms with E-state index in [1.54, 1.807) is 13.0 Å². The summed E-state index contributed by atoms with van der Waals surface area (Å²) >= 11 is 3.56. The van der Waals surface area contributed by atoms with Gasteiger partial charge in [0.25, 0.3) is 0 Å². The number of aryl methyl sites for hydroxylation is 2. The van der Waals surface area contributed by atoms with Gasteiger partial charge in [0.05, 0.1) is 24.6 Å². The summed E-state index contributed by atoms with van der Waals surface area (Å²) in [7, 11) is 0. The van der Waals surface area contributed by atoms with Gasteiger partial charge in [-0.3, -0.25) is 9.48 Å². The monoisotopic (exact) mass is 458 g/mol. The molecule has 6 heteroatoms. The first-order valence-electron chi connectivity index (χ1n) is 10.1. The van der Waals surface area contributed by atoms with Gasteiger partial charge in [0.1, 0.15) is 5.82 Å². The largest absolute Gasteiger partial charge is 0.466 e. The summed E-state index contributed by atoms with van der Waals surface area (Å²) in [6.45, 7) is 2.13. The van der Waals surface area contributed by atoms with Crippen LogP contribution in [0.4, 0.5) is 4.39 Å². The maximum atomic E-state index is 13.9. The number of carbonyl (C=O) groups excluding carboxylic acids is 1. The summed E-state index contributed by atoms with van der Waals surface area (Å²) in [5.74, 6) is -0.568. The van der Waals surface area contributed by atoms with E-state index in [-0.39, 0.29) is 18.2 Å². The van der Waals surface area contributed by atoms with E-state index in [1.807, 2.05) is 12.1 Å². The minimum absolute atomic E-state index is 0.164. The van der Waals surface area contributed by atoms with Crippen molar-refractivity contribution < 1.29 is 13.9 Å². The van der Waals surface area contributed by atoms with Gasteiger partial charge >= 0.3 is 5.97 Å². The minimum Gasteiger partial charge on any atom is -0.466 e. The summed E-state index contributed by atoms with van der Waals surface area (Å²) in [5, 5.41) is 5.98. The number of rotatable bonds is 7. The van der Waals surface area contributed by atoms with E-state index in [9.17, 15) is 9.18 Å². The van der Waals surface area contributed by atoms with Gasteiger partial charge in [0.15, 0.2) is 0 Å². The fourth-order valence-corrected chi connectivity index (χ4v) is 4.29. The van der Waals surface area contributed by atoms with Gasteiger partial charge in [-0.25, -0.2) is 4.39 Å². The van der Waals surface area contributed by atoms with Crippen molar-refractivity contribution >= 4 is 32.8 Å². The third kappa shape index (κ3) is 4.37. The van der Waals surface area contributed by atoms with Crippen LogP contribution in [0.2, 0.25) is 0 Å². The molecule has 3 aromatic rings. The molecule has 1 aliphatic carbocycles. The number of carbonyl (C=O) groups is 1. The zero-order valence-corrected chi connectivity index (χ0v) is 18.0. The Balaban J connectivity index is 1.63. The number of fused-ring (bicyclic) bond motifs is 1. The molecule has 0 amide bonds. The van der Waals surface area contributed by atoms with Crippen LogP contribution in [0.3, 0.4) is 0 Å². The topological polar surface area (TPSA) is 44.1 Å². The number of ether oxygens (including phenoxy) is 1. The van der Waals surface area contributed by atoms with Gasteiger partial charge in [-0.2, -0.15) is 5.10 Å². The van der Waals surface area contributed by atoms with Gasteiger partial charge in [-0.1, -0.05) is 22.0 Å². The molecular formula is C23H24BrFN2O2. The van der Waals surface area contributed by atoms with Crippen LogP contribution in [0.15, 0.2) is 40.9 Å². The van der Waals surface area contributed by atoms with E-state index in [0.717, 1.165) is 45.8 Å². The van der Waals surface area contributed by atoms with E-state index in [0.29, 0.717) is 19.1 Å². The number of hydrogen-bond acceptors (Lipinski definition) is 3. The lowest BCUT2D eigenvalue weighted by Crippen LogP contribution is -2.20. The van der Waals surface area contributed by atoms with Crippen molar-refractivity contribution in [1.29, 1.82) is 0 Å². The zero-order valence-electron chi connectivity index (χ0n) is 16.5. The number of nitrogens with zero attached hydrogens (tertiary/aromatic N) is 2. The van der Waals surface area contributed by atoms with E-state index in [1.165, 1.54) is 24.2 Å². The molecule has 0 unspecified atom stereocenters. The molecular weight excluding hydrogens is 435 g/mol. The predicted octanol–water partition coefficient (Wildman–Crippen LogP) is 5.55. The van der Waals surface area contributed by atoms with Crippen molar-refractivity contribution in [1.82, 2.24) is 9.78 Å². The Bertz CT molecular complexity index is 1040. The molecule has 29 heavy (non-hydrogen) atoms. The van der Waals surface area contributed by atoms with Crippen molar-refractivity contribution in [2.75, 3.05) is 6.61 Å². The Morgan fingerprint density at radius 2 is 2.03 bits per heavy atom. The molecule has 0 bridgehead atoms. The number of hydrogen-bond donors (Lipinski definition) is 0. The van der Waals surface area contributed by atoms with Gasteiger partial charge < -0.3 is 4.74 Å². The lowest BCUT2D eigenvalue weighted by atomic mass is 9.92. The minimum atomic E-state index is -0.285. The Labute approximate surface area is 178 Å². The quantitative estimate of drug-likeness (QED) is 0.435. The number of esters is 1. The molecule has 1 aliphatic rings. The number of halogens is 2. The normalized spacial score (nSPS) is 14.2. The summed E-state index contributed by atoms with van der Waals surface area (Å²) in [4.78, 5) is 11.9. The molecule has 4 rings (SSSR count). The zero-order chi connectivity index (χ0) is 20.4. The highest BCUT2D eigenvalue weighted by atomic mass is 79.9.